The second-order valence-electron chi connectivity index (χ2n) is 7.86. The topological polar surface area (TPSA) is 65.1 Å². The number of carbonyl (C=O) groups excluding carboxylic acids is 2. The summed E-state index contributed by atoms with van der Waals surface area (Å²) < 4.78 is 5.00. The van der Waals surface area contributed by atoms with E-state index < -0.39 is 0 Å². The molecule has 142 valence electrons. The molecule has 0 radical (unpaired) electrons. The van der Waals surface area contributed by atoms with E-state index >= 15 is 0 Å². The largest absolute Gasteiger partial charge is 0.383 e. The molecule has 3 rings (SSSR count). The van der Waals surface area contributed by atoms with Crippen LogP contribution in [-0.2, 0) is 9.53 Å². The summed E-state index contributed by atoms with van der Waals surface area (Å²) in [6, 6.07) is -0.0583. The highest BCUT2D eigenvalue weighted by molar-refractivity contribution is 5.83. The lowest BCUT2D eigenvalue weighted by atomic mass is 9.76. The van der Waals surface area contributed by atoms with E-state index in [2.05, 4.69) is 17.3 Å². The minimum absolute atomic E-state index is 0.000964. The number of likely N-dealkylation sites (N-methyl/N-ethyl adjacent to an activating group) is 1. The first-order chi connectivity index (χ1) is 12.1. The molecule has 0 aromatic heterocycles. The highest BCUT2D eigenvalue weighted by Gasteiger charge is 2.53. The minimum atomic E-state index is -0.0583. The van der Waals surface area contributed by atoms with Gasteiger partial charge in [0.2, 0.25) is 5.91 Å². The van der Waals surface area contributed by atoms with Crippen LogP contribution in [0.3, 0.4) is 0 Å². The van der Waals surface area contributed by atoms with Gasteiger partial charge >= 0.3 is 6.03 Å². The fourth-order valence-corrected chi connectivity index (χ4v) is 4.67. The molecule has 1 N–H and O–H groups in total. The van der Waals surface area contributed by atoms with Gasteiger partial charge in [-0.15, -0.1) is 0 Å². The smallest absolute Gasteiger partial charge is 0.317 e. The Morgan fingerprint density at radius 3 is 2.44 bits per heavy atom. The maximum atomic E-state index is 13.2. The van der Waals surface area contributed by atoms with Gasteiger partial charge in [-0.05, 0) is 19.9 Å². The molecule has 25 heavy (non-hydrogen) atoms. The lowest BCUT2D eigenvalue weighted by Crippen LogP contribution is -2.51. The number of ether oxygens (including phenoxy) is 1. The standard InChI is InChI=1S/C18H32N4O3/c1-20-8-10-21(11-9-20)16(23)15-13-22(17(24)19-7-12-25-2)14-18(15)5-3-4-6-18/h15H,3-14H2,1-2H3,(H,19,24). The van der Waals surface area contributed by atoms with Crippen LogP contribution in [0.5, 0.6) is 0 Å². The van der Waals surface area contributed by atoms with Crippen LogP contribution in [0.2, 0.25) is 0 Å². The van der Waals surface area contributed by atoms with Crippen molar-refractivity contribution in [3.8, 4) is 0 Å². The van der Waals surface area contributed by atoms with Crippen molar-refractivity contribution in [1.29, 1.82) is 0 Å². The zero-order valence-electron chi connectivity index (χ0n) is 15.6. The molecule has 0 aromatic carbocycles. The number of urea groups is 1. The van der Waals surface area contributed by atoms with Crippen molar-refractivity contribution in [1.82, 2.24) is 20.0 Å². The quantitative estimate of drug-likeness (QED) is 0.753. The maximum absolute atomic E-state index is 13.2. The Kier molecular flexibility index (Phi) is 5.84. The third-order valence-corrected chi connectivity index (χ3v) is 6.23. The predicted molar refractivity (Wildman–Crippen MR) is 95.3 cm³/mol. The highest BCUT2D eigenvalue weighted by atomic mass is 16.5. The lowest BCUT2D eigenvalue weighted by molar-refractivity contribution is -0.139. The first-order valence-corrected chi connectivity index (χ1v) is 9.55. The molecule has 7 nitrogen and oxygen atoms in total. The van der Waals surface area contributed by atoms with Gasteiger partial charge in [-0.2, -0.15) is 0 Å². The molecule has 0 bridgehead atoms. The SMILES string of the molecule is COCCNC(=O)N1CC(C(=O)N2CCN(C)CC2)C2(CCCC2)C1. The fraction of sp³-hybridized carbons (Fsp3) is 0.889. The Morgan fingerprint density at radius 2 is 1.80 bits per heavy atom. The predicted octanol–water partition coefficient (Wildman–Crippen LogP) is 0.609. The molecule has 1 aliphatic carbocycles. The Balaban J connectivity index is 1.66. The Labute approximate surface area is 150 Å². The molecule has 7 heteroatoms. The third kappa shape index (κ3) is 3.92. The second kappa shape index (κ2) is 7.91. The van der Waals surface area contributed by atoms with Gasteiger partial charge in [0, 0.05) is 58.3 Å². The normalized spacial score (nSPS) is 26.4. The number of nitrogens with zero attached hydrogens (tertiary/aromatic N) is 3. The van der Waals surface area contributed by atoms with Crippen LogP contribution in [-0.4, -0.2) is 93.2 Å². The molecule has 1 unspecified atom stereocenters. The molecule has 3 amide bonds. The van der Waals surface area contributed by atoms with Crippen LogP contribution in [0.15, 0.2) is 0 Å². The van der Waals surface area contributed by atoms with E-state index in [1.165, 1.54) is 12.8 Å². The highest BCUT2D eigenvalue weighted by Crippen LogP contribution is 2.49. The monoisotopic (exact) mass is 352 g/mol. The number of hydrogen-bond donors (Lipinski definition) is 1. The molecule has 0 aromatic rings. The van der Waals surface area contributed by atoms with E-state index in [0.717, 1.165) is 45.6 Å². The summed E-state index contributed by atoms with van der Waals surface area (Å²) >= 11 is 0. The molecule has 3 aliphatic rings. The molecule has 1 atom stereocenters. The number of nitrogens with one attached hydrogen (secondary N) is 1. The van der Waals surface area contributed by atoms with E-state index in [9.17, 15) is 9.59 Å². The van der Waals surface area contributed by atoms with Crippen molar-refractivity contribution >= 4 is 11.9 Å². The number of likely N-dealkylation sites (tertiary alicyclic amines) is 1. The number of rotatable bonds is 4. The average Bonchev–Trinajstić information content (AvgIpc) is 3.23. The van der Waals surface area contributed by atoms with Gasteiger partial charge in [0.05, 0.1) is 12.5 Å². The molecule has 3 fully saturated rings. The van der Waals surface area contributed by atoms with Gasteiger partial charge < -0.3 is 24.8 Å². The second-order valence-corrected chi connectivity index (χ2v) is 7.86. The summed E-state index contributed by atoms with van der Waals surface area (Å²) in [4.78, 5) is 31.8. The molecule has 2 aliphatic heterocycles. The van der Waals surface area contributed by atoms with Crippen molar-refractivity contribution in [2.45, 2.75) is 25.7 Å². The van der Waals surface area contributed by atoms with Gasteiger partial charge in [0.15, 0.2) is 0 Å². The van der Waals surface area contributed by atoms with Gasteiger partial charge in [-0.3, -0.25) is 4.79 Å². The van der Waals surface area contributed by atoms with Gasteiger partial charge in [0.25, 0.3) is 0 Å². The Morgan fingerprint density at radius 1 is 1.12 bits per heavy atom. The van der Waals surface area contributed by atoms with Crippen LogP contribution < -0.4 is 5.32 Å². The number of amides is 3. The van der Waals surface area contributed by atoms with Crippen LogP contribution >= 0.6 is 0 Å². The molecule has 1 spiro atoms. The van der Waals surface area contributed by atoms with Crippen LogP contribution in [0.4, 0.5) is 4.79 Å². The van der Waals surface area contributed by atoms with Gasteiger partial charge in [-0.1, -0.05) is 12.8 Å². The van der Waals surface area contributed by atoms with Crippen molar-refractivity contribution in [3.05, 3.63) is 0 Å². The molecule has 2 saturated heterocycles. The summed E-state index contributed by atoms with van der Waals surface area (Å²) in [5.74, 6) is 0.230. The molecule has 2 heterocycles. The Hall–Kier alpha value is -1.34. The van der Waals surface area contributed by atoms with E-state index in [0.29, 0.717) is 19.7 Å². The molecular weight excluding hydrogens is 320 g/mol. The zero-order valence-corrected chi connectivity index (χ0v) is 15.6. The third-order valence-electron chi connectivity index (χ3n) is 6.23. The van der Waals surface area contributed by atoms with Crippen molar-refractivity contribution < 1.29 is 14.3 Å². The minimum Gasteiger partial charge on any atom is -0.383 e. The molecule has 1 saturated carbocycles. The first-order valence-electron chi connectivity index (χ1n) is 9.55. The summed E-state index contributed by atoms with van der Waals surface area (Å²) in [7, 11) is 3.72. The lowest BCUT2D eigenvalue weighted by Gasteiger charge is -2.37. The summed E-state index contributed by atoms with van der Waals surface area (Å²) in [6.45, 7) is 5.79. The van der Waals surface area contributed by atoms with Crippen molar-refractivity contribution in [2.75, 3.05) is 66.6 Å². The first kappa shape index (κ1) is 18.5. The van der Waals surface area contributed by atoms with Gasteiger partial charge in [0.1, 0.15) is 0 Å². The fourth-order valence-electron chi connectivity index (χ4n) is 4.67. The van der Waals surface area contributed by atoms with Crippen molar-refractivity contribution in [2.24, 2.45) is 11.3 Å². The van der Waals surface area contributed by atoms with Gasteiger partial charge in [-0.25, -0.2) is 4.79 Å². The number of carbonyl (C=O) groups is 2. The summed E-state index contributed by atoms with van der Waals surface area (Å²) in [6.07, 6.45) is 4.48. The van der Waals surface area contributed by atoms with E-state index in [-0.39, 0.29) is 23.3 Å². The van der Waals surface area contributed by atoms with Crippen molar-refractivity contribution in [3.63, 3.8) is 0 Å². The average molecular weight is 352 g/mol. The Bertz CT molecular complexity index is 485. The van der Waals surface area contributed by atoms with Crippen LogP contribution in [0.1, 0.15) is 25.7 Å². The summed E-state index contributed by atoms with van der Waals surface area (Å²) in [5, 5.41) is 2.91. The molecular formula is C18H32N4O3. The number of methoxy groups -OCH3 is 1. The maximum Gasteiger partial charge on any atom is 0.317 e. The number of hydrogen-bond acceptors (Lipinski definition) is 4. The van der Waals surface area contributed by atoms with Crippen LogP contribution in [0, 0.1) is 11.3 Å². The van der Waals surface area contributed by atoms with E-state index in [4.69, 9.17) is 4.74 Å². The zero-order chi connectivity index (χ0) is 17.9. The summed E-state index contributed by atoms with van der Waals surface area (Å²) in [5.41, 5.74) is -0.000964. The number of piperazine rings is 1. The van der Waals surface area contributed by atoms with Crippen LogP contribution in [0.25, 0.3) is 0 Å². The van der Waals surface area contributed by atoms with E-state index in [1.54, 1.807) is 7.11 Å². The van der Waals surface area contributed by atoms with E-state index in [1.807, 2.05) is 9.80 Å².